The van der Waals surface area contributed by atoms with Gasteiger partial charge in [-0.25, -0.2) is 0 Å². The number of nitrogens with zero attached hydrogens (tertiary/aromatic N) is 2. The first kappa shape index (κ1) is 33.1. The van der Waals surface area contributed by atoms with Crippen molar-refractivity contribution in [3.63, 3.8) is 0 Å². The van der Waals surface area contributed by atoms with Crippen molar-refractivity contribution in [2.24, 2.45) is 0 Å². The maximum Gasteiger partial charge on any atom is 0.0568 e. The molecule has 0 radical (unpaired) electrons. The van der Waals surface area contributed by atoms with Crippen LogP contribution in [-0.4, -0.2) is 9.55 Å². The molecule has 1 aliphatic carbocycles. The summed E-state index contributed by atoms with van der Waals surface area (Å²) in [7, 11) is 0. The van der Waals surface area contributed by atoms with Crippen LogP contribution in [0.3, 0.4) is 0 Å². The van der Waals surface area contributed by atoms with Gasteiger partial charge in [-0.1, -0.05) is 152 Å². The van der Waals surface area contributed by atoms with Crippen molar-refractivity contribution in [2.45, 2.75) is 12.8 Å². The van der Waals surface area contributed by atoms with E-state index >= 15 is 0 Å². The topological polar surface area (TPSA) is 17.8 Å². The maximum absolute atomic E-state index is 4.53. The average molecular weight is 727 g/mol. The van der Waals surface area contributed by atoms with Crippen molar-refractivity contribution < 1.29 is 0 Å². The predicted octanol–water partition coefficient (Wildman–Crippen LogP) is 15.0. The van der Waals surface area contributed by atoms with Gasteiger partial charge < -0.3 is 4.57 Å². The molecule has 0 aliphatic heterocycles. The molecule has 2 heteroatoms. The van der Waals surface area contributed by atoms with E-state index in [-0.39, 0.29) is 0 Å². The molecule has 57 heavy (non-hydrogen) atoms. The normalized spacial score (nSPS) is 12.8. The third kappa shape index (κ3) is 5.69. The molecule has 1 aliphatic rings. The number of aromatic nitrogens is 2. The van der Waals surface area contributed by atoms with Gasteiger partial charge in [0.2, 0.25) is 0 Å². The first-order valence-electron chi connectivity index (χ1n) is 19.8. The number of allylic oxidation sites excluding steroid dienone is 4. The zero-order chi connectivity index (χ0) is 37.7. The lowest BCUT2D eigenvalue weighted by Gasteiger charge is -2.19. The smallest absolute Gasteiger partial charge is 0.0568 e. The van der Waals surface area contributed by atoms with Crippen LogP contribution in [0.25, 0.3) is 105 Å². The van der Waals surface area contributed by atoms with Crippen LogP contribution >= 0.6 is 0 Å². The van der Waals surface area contributed by atoms with E-state index in [1.807, 2.05) is 12.4 Å². The molecular formula is C55H38N2. The SMILES string of the molecule is C1=CCCC(n2c3ccncc3c3cc(-c4cccc(-c5cccc(-c6ccc7c(-c8ccccc8)c8ccccc8c(-c8ccccc8)c7c6)c5)c4)ccc32)=C1. The molecule has 0 unspecified atom stereocenters. The minimum absolute atomic E-state index is 1.03. The van der Waals surface area contributed by atoms with Crippen LogP contribution in [0, 0.1) is 0 Å². The molecule has 2 nitrogen and oxygen atoms in total. The molecule has 0 saturated heterocycles. The summed E-state index contributed by atoms with van der Waals surface area (Å²) in [5.74, 6) is 0. The number of hydrogen-bond donors (Lipinski definition) is 0. The second-order valence-electron chi connectivity index (χ2n) is 15.0. The molecule has 8 aromatic carbocycles. The molecule has 0 saturated carbocycles. The van der Waals surface area contributed by atoms with Gasteiger partial charge in [0.25, 0.3) is 0 Å². The Morgan fingerprint density at radius 1 is 0.386 bits per heavy atom. The van der Waals surface area contributed by atoms with Crippen molar-refractivity contribution in [2.75, 3.05) is 0 Å². The molecule has 268 valence electrons. The van der Waals surface area contributed by atoms with Gasteiger partial charge in [0.1, 0.15) is 0 Å². The lowest BCUT2D eigenvalue weighted by Crippen LogP contribution is -1.98. The molecule has 2 heterocycles. The quantitative estimate of drug-likeness (QED) is 0.156. The van der Waals surface area contributed by atoms with Crippen LogP contribution in [0.15, 0.2) is 207 Å². The molecule has 0 N–H and O–H groups in total. The Morgan fingerprint density at radius 2 is 0.895 bits per heavy atom. The number of fused-ring (bicyclic) bond motifs is 5. The van der Waals surface area contributed by atoms with Gasteiger partial charge in [0, 0.05) is 28.9 Å². The van der Waals surface area contributed by atoms with Crippen molar-refractivity contribution in [3.8, 4) is 55.6 Å². The molecular weight excluding hydrogens is 689 g/mol. The molecule has 0 atom stereocenters. The molecule has 11 rings (SSSR count). The van der Waals surface area contributed by atoms with Crippen molar-refractivity contribution >= 4 is 49.0 Å². The Morgan fingerprint density at radius 3 is 1.51 bits per heavy atom. The highest BCUT2D eigenvalue weighted by molar-refractivity contribution is 6.22. The van der Waals surface area contributed by atoms with E-state index in [2.05, 4.69) is 204 Å². The van der Waals surface area contributed by atoms with Gasteiger partial charge in [0.15, 0.2) is 0 Å². The van der Waals surface area contributed by atoms with Crippen LogP contribution in [0.2, 0.25) is 0 Å². The maximum atomic E-state index is 4.53. The first-order valence-corrected chi connectivity index (χ1v) is 19.8. The standard InChI is InChI=1S/C55H38N2/c1-4-14-37(15-5-1)54-46-24-10-11-25-47(46)55(38-16-6-2-7-17-38)50-35-43(26-28-48(50)54)41-20-12-18-39(32-41)40-19-13-21-42(33-40)44-27-29-52-49(34-44)51-36-56-31-30-53(51)57(52)45-22-8-3-9-23-45/h1-8,10-22,24-36H,9,23H2. The van der Waals surface area contributed by atoms with Crippen LogP contribution < -0.4 is 0 Å². The molecule has 0 bridgehead atoms. The highest BCUT2D eigenvalue weighted by atomic mass is 15.0. The van der Waals surface area contributed by atoms with Crippen LogP contribution in [0.1, 0.15) is 12.8 Å². The monoisotopic (exact) mass is 726 g/mol. The summed E-state index contributed by atoms with van der Waals surface area (Å²) in [6.45, 7) is 0. The van der Waals surface area contributed by atoms with Crippen molar-refractivity contribution in [1.82, 2.24) is 9.55 Å². The molecule has 10 aromatic rings. The van der Waals surface area contributed by atoms with E-state index in [1.165, 1.54) is 105 Å². The van der Waals surface area contributed by atoms with Gasteiger partial charge in [-0.05, 0) is 132 Å². The third-order valence-electron chi connectivity index (χ3n) is 11.7. The van der Waals surface area contributed by atoms with Crippen LogP contribution in [-0.2, 0) is 0 Å². The van der Waals surface area contributed by atoms with E-state index in [0.717, 1.165) is 12.8 Å². The fourth-order valence-electron chi connectivity index (χ4n) is 9.08. The Balaban J connectivity index is 1.03. The Kier molecular flexibility index (Phi) is 8.00. The molecule has 0 fully saturated rings. The number of rotatable bonds is 6. The second kappa shape index (κ2) is 13.8. The average Bonchev–Trinajstić information content (AvgIpc) is 3.62. The van der Waals surface area contributed by atoms with Gasteiger partial charge in [-0.15, -0.1) is 0 Å². The summed E-state index contributed by atoms with van der Waals surface area (Å²) < 4.78 is 2.42. The molecule has 0 spiro atoms. The van der Waals surface area contributed by atoms with Gasteiger partial charge in [-0.3, -0.25) is 4.98 Å². The van der Waals surface area contributed by atoms with Gasteiger partial charge in [0.05, 0.1) is 11.0 Å². The van der Waals surface area contributed by atoms with Crippen molar-refractivity contribution in [3.05, 3.63) is 207 Å². The van der Waals surface area contributed by atoms with Crippen LogP contribution in [0.4, 0.5) is 0 Å². The first-order chi connectivity index (χ1) is 28.3. The van der Waals surface area contributed by atoms with Gasteiger partial charge >= 0.3 is 0 Å². The van der Waals surface area contributed by atoms with E-state index in [0.29, 0.717) is 0 Å². The molecule has 0 amide bonds. The van der Waals surface area contributed by atoms with Crippen molar-refractivity contribution in [1.29, 1.82) is 0 Å². The number of benzene rings is 8. The zero-order valence-electron chi connectivity index (χ0n) is 31.4. The fourth-order valence-corrected chi connectivity index (χ4v) is 9.08. The molecule has 2 aromatic heterocycles. The summed E-state index contributed by atoms with van der Waals surface area (Å²) in [5.41, 5.74) is 15.9. The third-order valence-corrected chi connectivity index (χ3v) is 11.7. The number of hydrogen-bond acceptors (Lipinski definition) is 1. The lowest BCUT2D eigenvalue weighted by atomic mass is 9.85. The van der Waals surface area contributed by atoms with Gasteiger partial charge in [-0.2, -0.15) is 0 Å². The minimum atomic E-state index is 1.03. The van der Waals surface area contributed by atoms with E-state index < -0.39 is 0 Å². The highest BCUT2D eigenvalue weighted by Crippen LogP contribution is 2.45. The van der Waals surface area contributed by atoms with E-state index in [4.69, 9.17) is 0 Å². The Labute approximate surface area is 332 Å². The largest absolute Gasteiger partial charge is 0.313 e. The Hall–Kier alpha value is -7.29. The highest BCUT2D eigenvalue weighted by Gasteiger charge is 2.18. The summed E-state index contributed by atoms with van der Waals surface area (Å²) in [6.07, 6.45) is 12.7. The summed E-state index contributed by atoms with van der Waals surface area (Å²) in [5, 5.41) is 7.46. The fraction of sp³-hybridized carbons (Fsp3) is 0.0364. The van der Waals surface area contributed by atoms with E-state index in [9.17, 15) is 0 Å². The second-order valence-corrected chi connectivity index (χ2v) is 15.0. The minimum Gasteiger partial charge on any atom is -0.313 e. The van der Waals surface area contributed by atoms with Crippen LogP contribution in [0.5, 0.6) is 0 Å². The Bertz CT molecular complexity index is 3220. The lowest BCUT2D eigenvalue weighted by molar-refractivity contribution is 0.979. The number of pyridine rings is 1. The summed E-state index contributed by atoms with van der Waals surface area (Å²) >= 11 is 0. The predicted molar refractivity (Wildman–Crippen MR) is 242 cm³/mol. The summed E-state index contributed by atoms with van der Waals surface area (Å²) in [6, 6.07) is 64.6. The summed E-state index contributed by atoms with van der Waals surface area (Å²) in [4.78, 5) is 4.53. The zero-order valence-corrected chi connectivity index (χ0v) is 31.4. The van der Waals surface area contributed by atoms with E-state index in [1.54, 1.807) is 0 Å².